The molecule has 2 aromatic carbocycles. The number of hydrogen-bond donors (Lipinski definition) is 0. The van der Waals surface area contributed by atoms with Crippen molar-refractivity contribution in [2.45, 2.75) is 33.2 Å². The third-order valence-electron chi connectivity index (χ3n) is 7.22. The SMILES string of the molecule is COc1ccc(CCN2CCN(C(=O)c3c(C)n(CCCN(C)C)c4ccc(C)cc34)CC2)cc1. The maximum atomic E-state index is 13.8. The number of carbonyl (C=O) groups is 1. The molecule has 3 aromatic rings. The lowest BCUT2D eigenvalue weighted by Gasteiger charge is -2.35. The molecule has 1 amide bonds. The number of benzene rings is 2. The van der Waals surface area contributed by atoms with Crippen molar-refractivity contribution in [1.29, 1.82) is 0 Å². The Kier molecular flexibility index (Phi) is 8.14. The second-order valence-electron chi connectivity index (χ2n) is 10.0. The molecule has 0 aliphatic carbocycles. The molecular weight excluding hydrogens is 436 g/mol. The normalized spacial score (nSPS) is 14.7. The second-order valence-corrected chi connectivity index (χ2v) is 10.0. The van der Waals surface area contributed by atoms with Crippen molar-refractivity contribution in [3.63, 3.8) is 0 Å². The number of amides is 1. The van der Waals surface area contributed by atoms with Gasteiger partial charge in [-0.1, -0.05) is 23.8 Å². The smallest absolute Gasteiger partial charge is 0.256 e. The summed E-state index contributed by atoms with van der Waals surface area (Å²) in [6.07, 6.45) is 2.07. The zero-order chi connectivity index (χ0) is 24.9. The Labute approximate surface area is 210 Å². The molecule has 1 aliphatic heterocycles. The number of fused-ring (bicyclic) bond motifs is 1. The van der Waals surface area contributed by atoms with Gasteiger partial charge in [0, 0.05) is 55.9 Å². The molecule has 2 heterocycles. The van der Waals surface area contributed by atoms with Crippen LogP contribution in [0.2, 0.25) is 0 Å². The maximum absolute atomic E-state index is 13.8. The van der Waals surface area contributed by atoms with E-state index in [0.717, 1.165) is 81.0 Å². The molecule has 1 saturated heterocycles. The summed E-state index contributed by atoms with van der Waals surface area (Å²) in [5, 5.41) is 1.10. The number of nitrogens with zero attached hydrogens (tertiary/aromatic N) is 4. The number of rotatable bonds is 9. The van der Waals surface area contributed by atoms with Crippen LogP contribution < -0.4 is 4.74 Å². The Morgan fingerprint density at radius 2 is 1.69 bits per heavy atom. The molecule has 0 radical (unpaired) electrons. The van der Waals surface area contributed by atoms with Gasteiger partial charge in [0.1, 0.15) is 5.75 Å². The lowest BCUT2D eigenvalue weighted by molar-refractivity contribution is 0.0639. The van der Waals surface area contributed by atoms with Crippen molar-refractivity contribution in [3.8, 4) is 5.75 Å². The van der Waals surface area contributed by atoms with Gasteiger partial charge in [0.2, 0.25) is 0 Å². The molecule has 0 saturated carbocycles. The van der Waals surface area contributed by atoms with E-state index in [1.54, 1.807) is 7.11 Å². The van der Waals surface area contributed by atoms with Gasteiger partial charge in [-0.05, 0) is 77.2 Å². The van der Waals surface area contributed by atoms with Crippen LogP contribution >= 0.6 is 0 Å². The Balaban J connectivity index is 1.42. The van der Waals surface area contributed by atoms with E-state index >= 15 is 0 Å². The van der Waals surface area contributed by atoms with Crippen molar-refractivity contribution >= 4 is 16.8 Å². The summed E-state index contributed by atoms with van der Waals surface area (Å²) in [7, 11) is 5.91. The molecule has 0 unspecified atom stereocenters. The summed E-state index contributed by atoms with van der Waals surface area (Å²) in [6, 6.07) is 14.8. The number of carbonyl (C=O) groups excluding carboxylic acids is 1. The van der Waals surface area contributed by atoms with Crippen LogP contribution in [0, 0.1) is 13.8 Å². The maximum Gasteiger partial charge on any atom is 0.256 e. The zero-order valence-corrected chi connectivity index (χ0v) is 22.0. The minimum Gasteiger partial charge on any atom is -0.497 e. The molecule has 6 nitrogen and oxygen atoms in total. The molecule has 188 valence electrons. The molecule has 0 atom stereocenters. The quantitative estimate of drug-likeness (QED) is 0.464. The van der Waals surface area contributed by atoms with Gasteiger partial charge in [0.15, 0.2) is 0 Å². The number of hydrogen-bond acceptors (Lipinski definition) is 4. The number of methoxy groups -OCH3 is 1. The second kappa shape index (κ2) is 11.3. The summed E-state index contributed by atoms with van der Waals surface area (Å²) in [5.74, 6) is 1.07. The van der Waals surface area contributed by atoms with E-state index < -0.39 is 0 Å². The van der Waals surface area contributed by atoms with Crippen molar-refractivity contribution in [1.82, 2.24) is 19.3 Å². The van der Waals surface area contributed by atoms with Crippen LogP contribution in [-0.4, -0.2) is 85.6 Å². The highest BCUT2D eigenvalue weighted by Gasteiger charge is 2.27. The first-order valence-corrected chi connectivity index (χ1v) is 12.8. The molecule has 1 aromatic heterocycles. The average molecular weight is 477 g/mol. The highest BCUT2D eigenvalue weighted by atomic mass is 16.5. The number of piperazine rings is 1. The third kappa shape index (κ3) is 5.88. The van der Waals surface area contributed by atoms with Gasteiger partial charge < -0.3 is 19.1 Å². The Bertz CT molecular complexity index is 1140. The van der Waals surface area contributed by atoms with Crippen LogP contribution in [0.5, 0.6) is 5.75 Å². The van der Waals surface area contributed by atoms with Crippen LogP contribution in [0.4, 0.5) is 0 Å². The van der Waals surface area contributed by atoms with Gasteiger partial charge in [-0.15, -0.1) is 0 Å². The molecule has 0 spiro atoms. The Morgan fingerprint density at radius 1 is 0.971 bits per heavy atom. The van der Waals surface area contributed by atoms with E-state index in [2.05, 4.69) is 77.5 Å². The largest absolute Gasteiger partial charge is 0.497 e. The summed E-state index contributed by atoms with van der Waals surface area (Å²) >= 11 is 0. The predicted molar refractivity (Wildman–Crippen MR) is 144 cm³/mol. The molecule has 1 fully saturated rings. The van der Waals surface area contributed by atoms with E-state index in [0.29, 0.717) is 0 Å². The van der Waals surface area contributed by atoms with Gasteiger partial charge in [-0.2, -0.15) is 0 Å². The van der Waals surface area contributed by atoms with Crippen LogP contribution in [0.1, 0.15) is 33.6 Å². The molecule has 4 rings (SSSR count). The number of ether oxygens (including phenoxy) is 1. The monoisotopic (exact) mass is 476 g/mol. The topological polar surface area (TPSA) is 41.0 Å². The van der Waals surface area contributed by atoms with E-state index in [-0.39, 0.29) is 5.91 Å². The van der Waals surface area contributed by atoms with E-state index in [4.69, 9.17) is 4.74 Å². The Hall–Kier alpha value is -2.83. The third-order valence-corrected chi connectivity index (χ3v) is 7.22. The highest BCUT2D eigenvalue weighted by Crippen LogP contribution is 2.29. The van der Waals surface area contributed by atoms with E-state index in [1.807, 2.05) is 12.1 Å². The van der Waals surface area contributed by atoms with Gasteiger partial charge in [-0.3, -0.25) is 9.69 Å². The number of aromatic nitrogens is 1. The summed E-state index contributed by atoms with van der Waals surface area (Å²) in [5.41, 5.74) is 5.67. The molecule has 6 heteroatoms. The van der Waals surface area contributed by atoms with Gasteiger partial charge >= 0.3 is 0 Å². The van der Waals surface area contributed by atoms with Crippen LogP contribution in [0.15, 0.2) is 42.5 Å². The molecule has 0 bridgehead atoms. The fourth-order valence-electron chi connectivity index (χ4n) is 5.11. The Morgan fingerprint density at radius 3 is 2.34 bits per heavy atom. The van der Waals surface area contributed by atoms with Crippen LogP contribution in [-0.2, 0) is 13.0 Å². The van der Waals surface area contributed by atoms with Gasteiger partial charge in [0.05, 0.1) is 12.7 Å². The van der Waals surface area contributed by atoms with Crippen molar-refractivity contribution < 1.29 is 9.53 Å². The van der Waals surface area contributed by atoms with Crippen LogP contribution in [0.25, 0.3) is 10.9 Å². The highest BCUT2D eigenvalue weighted by molar-refractivity contribution is 6.08. The minimum atomic E-state index is 0.180. The predicted octanol–water partition coefficient (Wildman–Crippen LogP) is 4.22. The lowest BCUT2D eigenvalue weighted by atomic mass is 10.1. The van der Waals surface area contributed by atoms with E-state index in [1.165, 1.54) is 16.6 Å². The average Bonchev–Trinajstić information content (AvgIpc) is 3.13. The summed E-state index contributed by atoms with van der Waals surface area (Å²) < 4.78 is 7.60. The first kappa shape index (κ1) is 25.3. The van der Waals surface area contributed by atoms with Crippen molar-refractivity contribution in [2.75, 3.05) is 60.5 Å². The number of aryl methyl sites for hydroxylation is 2. The van der Waals surface area contributed by atoms with Crippen LogP contribution in [0.3, 0.4) is 0 Å². The van der Waals surface area contributed by atoms with Crippen molar-refractivity contribution in [3.05, 3.63) is 64.8 Å². The fraction of sp³-hybridized carbons (Fsp3) is 0.483. The zero-order valence-electron chi connectivity index (χ0n) is 22.0. The first-order valence-electron chi connectivity index (χ1n) is 12.8. The van der Waals surface area contributed by atoms with Gasteiger partial charge in [0.25, 0.3) is 5.91 Å². The lowest BCUT2D eigenvalue weighted by Crippen LogP contribution is -2.49. The van der Waals surface area contributed by atoms with Gasteiger partial charge in [-0.25, -0.2) is 0 Å². The molecule has 35 heavy (non-hydrogen) atoms. The molecule has 0 N–H and O–H groups in total. The summed E-state index contributed by atoms with van der Waals surface area (Å²) in [4.78, 5) is 20.5. The first-order chi connectivity index (χ1) is 16.9. The fourth-order valence-corrected chi connectivity index (χ4v) is 5.11. The standard InChI is InChI=1S/C29H40N4O2/c1-22-7-12-27-26(21-22)28(23(2)33(27)15-6-14-30(3)4)29(34)32-19-17-31(18-20-32)16-13-24-8-10-25(35-5)11-9-24/h7-12,21H,6,13-20H2,1-5H3. The van der Waals surface area contributed by atoms with Crippen molar-refractivity contribution in [2.24, 2.45) is 0 Å². The summed E-state index contributed by atoms with van der Waals surface area (Å²) in [6.45, 7) is 10.6. The van der Waals surface area contributed by atoms with E-state index in [9.17, 15) is 4.79 Å². The minimum absolute atomic E-state index is 0.180. The molecule has 1 aliphatic rings. The molecular formula is C29H40N4O2.